The quantitative estimate of drug-likeness (QED) is 0.454. The summed E-state index contributed by atoms with van der Waals surface area (Å²) >= 11 is 1.29. The number of carbonyl (C=O) groups is 1. The Kier molecular flexibility index (Phi) is 6.50. The predicted octanol–water partition coefficient (Wildman–Crippen LogP) is 1.77. The van der Waals surface area contributed by atoms with E-state index in [4.69, 9.17) is 9.47 Å². The molecule has 0 aliphatic carbocycles. The molecule has 116 valence electrons. The average molecular weight is 319 g/mol. The van der Waals surface area contributed by atoms with Gasteiger partial charge in [0.15, 0.2) is 16.7 Å². The van der Waals surface area contributed by atoms with Crippen LogP contribution in [0.4, 0.5) is 0 Å². The number of aromatic nitrogens is 2. The van der Waals surface area contributed by atoms with Gasteiger partial charge in [0, 0.05) is 12.4 Å². The molecule has 6 nitrogen and oxygen atoms in total. The number of methoxy groups -OCH3 is 1. The zero-order valence-electron chi connectivity index (χ0n) is 12.2. The number of carbonyl (C=O) groups excluding carboxylic acids is 1. The topological polar surface area (TPSA) is 73.3 Å². The van der Waals surface area contributed by atoms with Crippen molar-refractivity contribution in [1.29, 1.82) is 0 Å². The molecule has 1 aromatic carbocycles. The maximum Gasteiger partial charge on any atom is 0.230 e. The van der Waals surface area contributed by atoms with Crippen molar-refractivity contribution >= 4 is 17.7 Å². The summed E-state index contributed by atoms with van der Waals surface area (Å²) in [6.45, 7) is 0.797. The average Bonchev–Trinajstić information content (AvgIpc) is 2.58. The van der Waals surface area contributed by atoms with Crippen molar-refractivity contribution in [2.24, 2.45) is 0 Å². The molecule has 0 saturated heterocycles. The van der Waals surface area contributed by atoms with Gasteiger partial charge in [0.1, 0.15) is 6.61 Å². The van der Waals surface area contributed by atoms with Crippen LogP contribution in [0.15, 0.2) is 47.9 Å². The van der Waals surface area contributed by atoms with Crippen LogP contribution in [-0.4, -0.2) is 41.9 Å². The molecule has 0 radical (unpaired) electrons. The predicted molar refractivity (Wildman–Crippen MR) is 84.3 cm³/mol. The summed E-state index contributed by atoms with van der Waals surface area (Å²) in [5, 5.41) is 3.37. The highest BCUT2D eigenvalue weighted by molar-refractivity contribution is 7.99. The second-order valence-corrected chi connectivity index (χ2v) is 5.11. The maximum atomic E-state index is 11.7. The third kappa shape index (κ3) is 5.25. The molecule has 0 atom stereocenters. The van der Waals surface area contributed by atoms with Crippen LogP contribution in [0, 0.1) is 0 Å². The van der Waals surface area contributed by atoms with E-state index in [1.165, 1.54) is 11.8 Å². The van der Waals surface area contributed by atoms with E-state index in [2.05, 4.69) is 15.3 Å². The van der Waals surface area contributed by atoms with Gasteiger partial charge in [0.25, 0.3) is 0 Å². The summed E-state index contributed by atoms with van der Waals surface area (Å²) in [7, 11) is 1.59. The van der Waals surface area contributed by atoms with Crippen molar-refractivity contribution in [2.75, 3.05) is 26.0 Å². The molecule has 1 N–H and O–H groups in total. The molecule has 1 heterocycles. The third-order valence-corrected chi connectivity index (χ3v) is 3.50. The van der Waals surface area contributed by atoms with Crippen LogP contribution < -0.4 is 14.8 Å². The molecule has 0 fully saturated rings. The Bertz CT molecular complexity index is 596. The molecule has 0 bridgehead atoms. The fourth-order valence-electron chi connectivity index (χ4n) is 1.63. The second kappa shape index (κ2) is 8.89. The Hall–Kier alpha value is -2.28. The van der Waals surface area contributed by atoms with Gasteiger partial charge in [-0.25, -0.2) is 9.97 Å². The van der Waals surface area contributed by atoms with Gasteiger partial charge in [-0.3, -0.25) is 4.79 Å². The van der Waals surface area contributed by atoms with Crippen LogP contribution in [0.5, 0.6) is 11.5 Å². The molecule has 0 unspecified atom stereocenters. The number of amides is 1. The van der Waals surface area contributed by atoms with E-state index >= 15 is 0 Å². The van der Waals surface area contributed by atoms with Crippen LogP contribution in [0.2, 0.25) is 0 Å². The lowest BCUT2D eigenvalue weighted by Gasteiger charge is -2.10. The van der Waals surface area contributed by atoms with Crippen molar-refractivity contribution in [3.63, 3.8) is 0 Å². The molecule has 1 aromatic heterocycles. The first-order valence-corrected chi connectivity index (χ1v) is 7.70. The fraction of sp³-hybridized carbons (Fsp3) is 0.267. The van der Waals surface area contributed by atoms with E-state index in [1.54, 1.807) is 25.6 Å². The molecule has 2 rings (SSSR count). The first kappa shape index (κ1) is 16.1. The molecule has 2 aromatic rings. The monoisotopic (exact) mass is 319 g/mol. The first-order chi connectivity index (χ1) is 10.8. The highest BCUT2D eigenvalue weighted by Crippen LogP contribution is 2.25. The van der Waals surface area contributed by atoms with Crippen LogP contribution in [0.3, 0.4) is 0 Å². The Labute approximate surface area is 133 Å². The van der Waals surface area contributed by atoms with Gasteiger partial charge < -0.3 is 14.8 Å². The lowest BCUT2D eigenvalue weighted by atomic mass is 10.3. The number of rotatable bonds is 8. The molecule has 0 spiro atoms. The van der Waals surface area contributed by atoms with E-state index in [0.29, 0.717) is 29.8 Å². The number of nitrogens with one attached hydrogen (secondary N) is 1. The second-order valence-electron chi connectivity index (χ2n) is 4.17. The van der Waals surface area contributed by atoms with E-state index in [0.717, 1.165) is 0 Å². The van der Waals surface area contributed by atoms with Gasteiger partial charge in [-0.1, -0.05) is 23.9 Å². The van der Waals surface area contributed by atoms with Crippen molar-refractivity contribution < 1.29 is 14.3 Å². The zero-order chi connectivity index (χ0) is 15.6. The Morgan fingerprint density at radius 3 is 2.64 bits per heavy atom. The SMILES string of the molecule is COc1ccccc1OCCNC(=O)CSc1ncccn1. The third-order valence-electron chi connectivity index (χ3n) is 2.63. The summed E-state index contributed by atoms with van der Waals surface area (Å²) in [6, 6.07) is 9.12. The molecular weight excluding hydrogens is 302 g/mol. The zero-order valence-corrected chi connectivity index (χ0v) is 13.0. The summed E-state index contributed by atoms with van der Waals surface area (Å²) in [5.41, 5.74) is 0. The highest BCUT2D eigenvalue weighted by atomic mass is 32.2. The van der Waals surface area contributed by atoms with Crippen LogP contribution in [0.1, 0.15) is 0 Å². The summed E-state index contributed by atoms with van der Waals surface area (Å²) < 4.78 is 10.8. The Balaban J connectivity index is 1.65. The van der Waals surface area contributed by atoms with Crippen LogP contribution >= 0.6 is 11.8 Å². The van der Waals surface area contributed by atoms with Gasteiger partial charge in [-0.2, -0.15) is 0 Å². The van der Waals surface area contributed by atoms with E-state index in [-0.39, 0.29) is 11.7 Å². The number of thioether (sulfide) groups is 1. The number of para-hydroxylation sites is 2. The molecule has 0 saturated carbocycles. The van der Waals surface area contributed by atoms with Crippen molar-refractivity contribution in [1.82, 2.24) is 15.3 Å². The smallest absolute Gasteiger partial charge is 0.230 e. The van der Waals surface area contributed by atoms with Crippen LogP contribution in [-0.2, 0) is 4.79 Å². The van der Waals surface area contributed by atoms with Crippen LogP contribution in [0.25, 0.3) is 0 Å². The van der Waals surface area contributed by atoms with Crippen molar-refractivity contribution in [3.05, 3.63) is 42.7 Å². The fourth-order valence-corrected chi connectivity index (χ4v) is 2.26. The van der Waals surface area contributed by atoms with Gasteiger partial charge in [0.05, 0.1) is 19.4 Å². The molecule has 22 heavy (non-hydrogen) atoms. The minimum atomic E-state index is -0.0823. The van der Waals surface area contributed by atoms with E-state index in [9.17, 15) is 4.79 Å². The van der Waals surface area contributed by atoms with Gasteiger partial charge in [0.2, 0.25) is 5.91 Å². The van der Waals surface area contributed by atoms with Gasteiger partial charge >= 0.3 is 0 Å². The normalized spacial score (nSPS) is 10.0. The largest absolute Gasteiger partial charge is 0.493 e. The maximum absolute atomic E-state index is 11.7. The molecule has 0 aliphatic rings. The van der Waals surface area contributed by atoms with Gasteiger partial charge in [-0.05, 0) is 18.2 Å². The van der Waals surface area contributed by atoms with Crippen molar-refractivity contribution in [3.8, 4) is 11.5 Å². The lowest BCUT2D eigenvalue weighted by molar-refractivity contribution is -0.118. The highest BCUT2D eigenvalue weighted by Gasteiger charge is 2.05. The summed E-state index contributed by atoms with van der Waals surface area (Å²) in [6.07, 6.45) is 3.29. The van der Waals surface area contributed by atoms with Crippen molar-refractivity contribution in [2.45, 2.75) is 5.16 Å². The molecule has 1 amide bonds. The first-order valence-electron chi connectivity index (χ1n) is 6.72. The Morgan fingerprint density at radius 2 is 1.91 bits per heavy atom. The minimum absolute atomic E-state index is 0.0823. The number of hydrogen-bond acceptors (Lipinski definition) is 6. The van der Waals surface area contributed by atoms with E-state index in [1.807, 2.05) is 24.3 Å². The summed E-state index contributed by atoms with van der Waals surface area (Å²) in [4.78, 5) is 19.8. The lowest BCUT2D eigenvalue weighted by Crippen LogP contribution is -2.29. The number of ether oxygens (including phenoxy) is 2. The number of hydrogen-bond donors (Lipinski definition) is 1. The Morgan fingerprint density at radius 1 is 1.18 bits per heavy atom. The molecular formula is C15H17N3O3S. The number of benzene rings is 1. The standard InChI is InChI=1S/C15H17N3O3S/c1-20-12-5-2-3-6-13(12)21-10-9-16-14(19)11-22-15-17-7-4-8-18-15/h2-8H,9-11H2,1H3,(H,16,19). The summed E-state index contributed by atoms with van der Waals surface area (Å²) in [5.74, 6) is 1.52. The van der Waals surface area contributed by atoms with Gasteiger partial charge in [-0.15, -0.1) is 0 Å². The minimum Gasteiger partial charge on any atom is -0.493 e. The van der Waals surface area contributed by atoms with E-state index < -0.39 is 0 Å². The number of nitrogens with zero attached hydrogens (tertiary/aromatic N) is 2. The molecule has 7 heteroatoms. The molecule has 0 aliphatic heterocycles.